The number of carbonyl (C=O) groups is 2. The number of rotatable bonds is 4. The van der Waals surface area contributed by atoms with Crippen LogP contribution >= 0.6 is 0 Å². The summed E-state index contributed by atoms with van der Waals surface area (Å²) in [6.07, 6.45) is 2.03. The van der Waals surface area contributed by atoms with Crippen molar-refractivity contribution in [2.75, 3.05) is 13.7 Å². The molecule has 2 saturated carbocycles. The van der Waals surface area contributed by atoms with Gasteiger partial charge in [-0.15, -0.1) is 0 Å². The summed E-state index contributed by atoms with van der Waals surface area (Å²) in [6, 6.07) is -0.0229. The number of amides is 1. The molecule has 1 amide bonds. The molecule has 0 radical (unpaired) electrons. The summed E-state index contributed by atoms with van der Waals surface area (Å²) in [5.74, 6) is 0.273. The van der Waals surface area contributed by atoms with Crippen LogP contribution in [0.5, 0.6) is 0 Å². The number of hydrogen-bond acceptors (Lipinski definition) is 3. The van der Waals surface area contributed by atoms with Gasteiger partial charge in [0.2, 0.25) is 5.91 Å². The second-order valence-electron chi connectivity index (χ2n) is 6.97. The van der Waals surface area contributed by atoms with E-state index in [-0.39, 0.29) is 28.6 Å². The first kappa shape index (κ1) is 14.5. The molecule has 0 unspecified atom stereocenters. The van der Waals surface area contributed by atoms with E-state index in [9.17, 15) is 9.59 Å². The Bertz CT molecular complexity index is 418. The minimum atomic E-state index is -0.527. The quantitative estimate of drug-likeness (QED) is 0.846. The van der Waals surface area contributed by atoms with E-state index in [4.69, 9.17) is 4.74 Å². The SMILES string of the molecule is COC[C@H](C)NC(=O)[C@@]12CC[C@](C)(C(=O)C1)C2(C)C. The minimum absolute atomic E-state index is 0.0229. The van der Waals surface area contributed by atoms with Crippen LogP contribution in [0.2, 0.25) is 0 Å². The van der Waals surface area contributed by atoms with Crippen LogP contribution in [0.1, 0.15) is 47.0 Å². The van der Waals surface area contributed by atoms with Crippen molar-refractivity contribution in [2.24, 2.45) is 16.2 Å². The molecule has 2 fully saturated rings. The van der Waals surface area contributed by atoms with Crippen LogP contribution < -0.4 is 5.32 Å². The highest BCUT2D eigenvalue weighted by Crippen LogP contribution is 2.70. The lowest BCUT2D eigenvalue weighted by atomic mass is 9.64. The van der Waals surface area contributed by atoms with Crippen LogP contribution in [0.25, 0.3) is 0 Å². The summed E-state index contributed by atoms with van der Waals surface area (Å²) >= 11 is 0. The van der Waals surface area contributed by atoms with E-state index in [1.807, 2.05) is 13.8 Å². The molecule has 4 nitrogen and oxygen atoms in total. The van der Waals surface area contributed by atoms with Crippen molar-refractivity contribution in [1.29, 1.82) is 0 Å². The van der Waals surface area contributed by atoms with Gasteiger partial charge in [0.05, 0.1) is 12.0 Å². The van der Waals surface area contributed by atoms with Crippen LogP contribution in [0.15, 0.2) is 0 Å². The van der Waals surface area contributed by atoms with Crippen molar-refractivity contribution in [2.45, 2.75) is 53.0 Å². The fourth-order valence-electron chi connectivity index (χ4n) is 4.01. The standard InChI is InChI=1S/C15H25NO3/c1-10(9-19-5)16-12(18)15-7-6-14(4,11(17)8-15)13(15,2)3/h10H,6-9H2,1-5H3,(H,16,18)/t10-,14+,15+/m0/s1. The molecular formula is C15H25NO3. The number of fused-ring (bicyclic) bond motifs is 2. The number of carbonyl (C=O) groups excluding carboxylic acids is 2. The second kappa shape index (κ2) is 4.30. The van der Waals surface area contributed by atoms with Gasteiger partial charge in [-0.25, -0.2) is 0 Å². The molecule has 1 N–H and O–H groups in total. The lowest BCUT2D eigenvalue weighted by molar-refractivity contribution is -0.137. The fourth-order valence-corrected chi connectivity index (χ4v) is 4.01. The Morgan fingerprint density at radius 1 is 1.37 bits per heavy atom. The highest BCUT2D eigenvalue weighted by atomic mass is 16.5. The average Bonchev–Trinajstić information content (AvgIpc) is 2.59. The Balaban J connectivity index is 2.24. The maximum atomic E-state index is 12.7. The lowest BCUT2D eigenvalue weighted by Gasteiger charge is -2.39. The molecule has 2 aliphatic rings. The highest BCUT2D eigenvalue weighted by molar-refractivity contribution is 5.99. The van der Waals surface area contributed by atoms with Crippen molar-refractivity contribution in [1.82, 2.24) is 5.32 Å². The van der Waals surface area contributed by atoms with Gasteiger partial charge in [0.15, 0.2) is 0 Å². The van der Waals surface area contributed by atoms with Gasteiger partial charge in [0.1, 0.15) is 5.78 Å². The normalized spacial score (nSPS) is 37.4. The summed E-state index contributed by atoms with van der Waals surface area (Å²) < 4.78 is 5.06. The number of Topliss-reactive ketones (excluding diaryl/α,β-unsaturated/α-hetero) is 1. The van der Waals surface area contributed by atoms with Crippen molar-refractivity contribution >= 4 is 11.7 Å². The lowest BCUT2D eigenvalue weighted by Crippen LogP contribution is -2.50. The number of methoxy groups -OCH3 is 1. The first-order valence-electron chi connectivity index (χ1n) is 7.04. The predicted octanol–water partition coefficient (Wildman–Crippen LogP) is 1.92. The zero-order valence-electron chi connectivity index (χ0n) is 12.6. The number of ether oxygens (including phenoxy) is 1. The van der Waals surface area contributed by atoms with Crippen molar-refractivity contribution < 1.29 is 14.3 Å². The van der Waals surface area contributed by atoms with Crippen LogP contribution in [0, 0.1) is 16.2 Å². The maximum absolute atomic E-state index is 12.7. The van der Waals surface area contributed by atoms with E-state index in [0.717, 1.165) is 12.8 Å². The third-order valence-electron chi connectivity index (χ3n) is 5.93. The molecule has 108 valence electrons. The molecule has 0 aliphatic heterocycles. The highest BCUT2D eigenvalue weighted by Gasteiger charge is 2.72. The summed E-state index contributed by atoms with van der Waals surface area (Å²) in [4.78, 5) is 25.0. The molecule has 0 aromatic carbocycles. The molecule has 2 aliphatic carbocycles. The van der Waals surface area contributed by atoms with Gasteiger partial charge in [-0.1, -0.05) is 20.8 Å². The third-order valence-corrected chi connectivity index (χ3v) is 5.93. The summed E-state index contributed by atoms with van der Waals surface area (Å²) in [5, 5.41) is 3.02. The van der Waals surface area contributed by atoms with Crippen molar-refractivity contribution in [3.05, 3.63) is 0 Å². The number of ketones is 1. The molecule has 0 aromatic rings. The van der Waals surface area contributed by atoms with E-state index in [0.29, 0.717) is 13.0 Å². The molecule has 2 bridgehead atoms. The molecule has 4 heteroatoms. The molecule has 0 spiro atoms. The zero-order chi connectivity index (χ0) is 14.5. The first-order chi connectivity index (χ1) is 8.71. The molecule has 2 rings (SSSR count). The smallest absolute Gasteiger partial charge is 0.227 e. The van der Waals surface area contributed by atoms with Gasteiger partial charge >= 0.3 is 0 Å². The molecular weight excluding hydrogens is 242 g/mol. The van der Waals surface area contributed by atoms with E-state index in [2.05, 4.69) is 19.2 Å². The van der Waals surface area contributed by atoms with Gasteiger partial charge in [-0.05, 0) is 25.2 Å². The predicted molar refractivity (Wildman–Crippen MR) is 72.7 cm³/mol. The van der Waals surface area contributed by atoms with Gasteiger partial charge in [-0.3, -0.25) is 9.59 Å². The fraction of sp³-hybridized carbons (Fsp3) is 0.867. The monoisotopic (exact) mass is 267 g/mol. The van der Waals surface area contributed by atoms with Crippen LogP contribution in [-0.2, 0) is 14.3 Å². The first-order valence-corrected chi connectivity index (χ1v) is 7.04. The van der Waals surface area contributed by atoms with Gasteiger partial charge in [0, 0.05) is 25.0 Å². The Morgan fingerprint density at radius 2 is 2.00 bits per heavy atom. The van der Waals surface area contributed by atoms with Crippen molar-refractivity contribution in [3.63, 3.8) is 0 Å². The largest absolute Gasteiger partial charge is 0.383 e. The molecule has 0 heterocycles. The van der Waals surface area contributed by atoms with E-state index in [1.54, 1.807) is 7.11 Å². The van der Waals surface area contributed by atoms with E-state index < -0.39 is 5.41 Å². The van der Waals surface area contributed by atoms with Crippen LogP contribution in [-0.4, -0.2) is 31.4 Å². The number of nitrogens with one attached hydrogen (secondary N) is 1. The summed E-state index contributed by atoms with van der Waals surface area (Å²) in [6.45, 7) is 8.59. The zero-order valence-corrected chi connectivity index (χ0v) is 12.6. The molecule has 3 atom stereocenters. The van der Waals surface area contributed by atoms with Gasteiger partial charge in [-0.2, -0.15) is 0 Å². The number of hydrogen-bond donors (Lipinski definition) is 1. The Morgan fingerprint density at radius 3 is 2.42 bits per heavy atom. The van der Waals surface area contributed by atoms with E-state index in [1.165, 1.54) is 0 Å². The molecule has 0 saturated heterocycles. The van der Waals surface area contributed by atoms with Gasteiger partial charge in [0.25, 0.3) is 0 Å². The van der Waals surface area contributed by atoms with Gasteiger partial charge < -0.3 is 10.1 Å². The molecule has 0 aromatic heterocycles. The average molecular weight is 267 g/mol. The third kappa shape index (κ3) is 1.69. The Kier molecular flexibility index (Phi) is 3.28. The summed E-state index contributed by atoms with van der Waals surface area (Å²) in [7, 11) is 1.62. The van der Waals surface area contributed by atoms with Crippen LogP contribution in [0.3, 0.4) is 0 Å². The van der Waals surface area contributed by atoms with E-state index >= 15 is 0 Å². The topological polar surface area (TPSA) is 55.4 Å². The Hall–Kier alpha value is -0.900. The minimum Gasteiger partial charge on any atom is -0.383 e. The Labute approximate surface area is 115 Å². The maximum Gasteiger partial charge on any atom is 0.227 e. The van der Waals surface area contributed by atoms with Crippen LogP contribution in [0.4, 0.5) is 0 Å². The molecule has 19 heavy (non-hydrogen) atoms. The van der Waals surface area contributed by atoms with Crippen molar-refractivity contribution in [3.8, 4) is 0 Å². The summed E-state index contributed by atoms with van der Waals surface area (Å²) in [5.41, 5.74) is -1.14. The second-order valence-corrected chi connectivity index (χ2v) is 6.97.